The van der Waals surface area contributed by atoms with Gasteiger partial charge < -0.3 is 4.57 Å². The highest BCUT2D eigenvalue weighted by Crippen LogP contribution is 2.43. The molecule has 2 nitrogen and oxygen atoms in total. The number of hydrogen-bond donors (Lipinski definition) is 0. The second-order valence-electron chi connectivity index (χ2n) is 4.68. The zero-order chi connectivity index (χ0) is 15.1. The molecule has 0 radical (unpaired) electrons. The summed E-state index contributed by atoms with van der Waals surface area (Å²) < 4.78 is 1.99. The lowest BCUT2D eigenvalue weighted by molar-refractivity contribution is 0.786. The number of halogens is 4. The van der Waals surface area contributed by atoms with Gasteiger partial charge in [-0.25, -0.2) is 4.98 Å². The first-order valence-corrected chi connectivity index (χ1v) is 7.74. The number of imidazole rings is 1. The minimum Gasteiger partial charge on any atom is -0.322 e. The zero-order valence-corrected chi connectivity index (χ0v) is 14.0. The highest BCUT2D eigenvalue weighted by molar-refractivity contribution is 6.55. The van der Waals surface area contributed by atoms with Crippen molar-refractivity contribution in [2.75, 3.05) is 0 Å². The molecule has 3 rings (SSSR count). The fourth-order valence-electron chi connectivity index (χ4n) is 2.30. The fraction of sp³-hybridized carbons (Fsp3) is 0.133. The van der Waals surface area contributed by atoms with Crippen LogP contribution < -0.4 is 0 Å². The standard InChI is InChI=1S/C15H10Cl4N2/c1-8-20-14-12(18)10(16)11(17)13(19)15(14)21(8)7-9-5-3-2-4-6-9/h2-6H,7H2,1H3. The first-order chi connectivity index (χ1) is 10.0. The summed E-state index contributed by atoms with van der Waals surface area (Å²) in [5, 5.41) is 1.19. The Hall–Kier alpha value is -0.930. The zero-order valence-electron chi connectivity index (χ0n) is 11.0. The Bertz CT molecular complexity index is 825. The molecule has 0 unspecified atom stereocenters. The molecule has 0 fully saturated rings. The van der Waals surface area contributed by atoms with Gasteiger partial charge in [-0.05, 0) is 12.5 Å². The average Bonchev–Trinajstić information content (AvgIpc) is 2.81. The van der Waals surface area contributed by atoms with Crippen LogP contribution in [-0.4, -0.2) is 9.55 Å². The summed E-state index contributed by atoms with van der Waals surface area (Å²) in [6.45, 7) is 2.54. The van der Waals surface area contributed by atoms with Gasteiger partial charge in [0.1, 0.15) is 11.3 Å². The van der Waals surface area contributed by atoms with Gasteiger partial charge in [0.2, 0.25) is 0 Å². The van der Waals surface area contributed by atoms with E-state index in [1.807, 2.05) is 41.8 Å². The van der Waals surface area contributed by atoms with Crippen LogP contribution in [-0.2, 0) is 6.54 Å². The van der Waals surface area contributed by atoms with Crippen molar-refractivity contribution in [3.63, 3.8) is 0 Å². The summed E-state index contributed by atoms with van der Waals surface area (Å²) in [5.41, 5.74) is 2.42. The molecule has 0 saturated carbocycles. The lowest BCUT2D eigenvalue weighted by Gasteiger charge is -2.10. The first-order valence-electron chi connectivity index (χ1n) is 6.23. The molecule has 0 aliphatic rings. The maximum absolute atomic E-state index is 6.35. The molecule has 1 aromatic heterocycles. The van der Waals surface area contributed by atoms with Crippen LogP contribution >= 0.6 is 46.4 Å². The van der Waals surface area contributed by atoms with E-state index < -0.39 is 0 Å². The predicted molar refractivity (Wildman–Crippen MR) is 90.1 cm³/mol. The summed E-state index contributed by atoms with van der Waals surface area (Å²) >= 11 is 24.8. The van der Waals surface area contributed by atoms with Crippen LogP contribution in [0.25, 0.3) is 11.0 Å². The molecule has 6 heteroatoms. The van der Waals surface area contributed by atoms with E-state index in [9.17, 15) is 0 Å². The second-order valence-corrected chi connectivity index (χ2v) is 6.20. The fourth-order valence-corrected chi connectivity index (χ4v) is 3.28. The first kappa shape index (κ1) is 15.0. The lowest BCUT2D eigenvalue weighted by atomic mass is 10.2. The molecule has 1 heterocycles. The molecule has 3 aromatic rings. The maximum Gasteiger partial charge on any atom is 0.111 e. The van der Waals surface area contributed by atoms with E-state index in [1.165, 1.54) is 0 Å². The van der Waals surface area contributed by atoms with Crippen molar-refractivity contribution in [3.8, 4) is 0 Å². The molecule has 0 bridgehead atoms. The molecule has 0 N–H and O–H groups in total. The third kappa shape index (κ3) is 2.51. The Kier molecular flexibility index (Phi) is 4.06. The SMILES string of the molecule is Cc1nc2c(Cl)c(Cl)c(Cl)c(Cl)c2n1Cc1ccccc1. The molecule has 0 amide bonds. The van der Waals surface area contributed by atoms with Crippen molar-refractivity contribution in [2.45, 2.75) is 13.5 Å². The van der Waals surface area contributed by atoms with Crippen LogP contribution in [0.2, 0.25) is 20.1 Å². The maximum atomic E-state index is 6.35. The third-order valence-electron chi connectivity index (χ3n) is 3.34. The molecule has 0 spiro atoms. The molecular formula is C15H10Cl4N2. The Labute approximate surface area is 142 Å². The van der Waals surface area contributed by atoms with Crippen LogP contribution in [0.15, 0.2) is 30.3 Å². The average molecular weight is 360 g/mol. The van der Waals surface area contributed by atoms with E-state index in [0.29, 0.717) is 27.6 Å². The van der Waals surface area contributed by atoms with Crippen molar-refractivity contribution in [3.05, 3.63) is 61.8 Å². The molecule has 0 aliphatic carbocycles. The summed E-state index contributed by atoms with van der Waals surface area (Å²) in [6.07, 6.45) is 0. The molecule has 0 saturated heterocycles. The van der Waals surface area contributed by atoms with Crippen molar-refractivity contribution in [1.82, 2.24) is 9.55 Å². The van der Waals surface area contributed by atoms with Crippen molar-refractivity contribution >= 4 is 57.4 Å². The highest BCUT2D eigenvalue weighted by Gasteiger charge is 2.21. The third-order valence-corrected chi connectivity index (χ3v) is 5.12. The summed E-state index contributed by atoms with van der Waals surface area (Å²) in [7, 11) is 0. The van der Waals surface area contributed by atoms with E-state index in [2.05, 4.69) is 4.98 Å². The minimum atomic E-state index is 0.236. The van der Waals surface area contributed by atoms with Gasteiger partial charge >= 0.3 is 0 Å². The number of nitrogens with zero attached hydrogens (tertiary/aromatic N) is 2. The summed E-state index contributed by atoms with van der Waals surface area (Å²) in [6, 6.07) is 10.0. The van der Waals surface area contributed by atoms with Crippen LogP contribution in [0.3, 0.4) is 0 Å². The normalized spacial score (nSPS) is 11.3. The lowest BCUT2D eigenvalue weighted by Crippen LogP contribution is -2.02. The monoisotopic (exact) mass is 358 g/mol. The van der Waals surface area contributed by atoms with Crippen LogP contribution in [0.5, 0.6) is 0 Å². The quantitative estimate of drug-likeness (QED) is 0.405. The van der Waals surface area contributed by atoms with E-state index in [4.69, 9.17) is 46.4 Å². The van der Waals surface area contributed by atoms with Crippen LogP contribution in [0.4, 0.5) is 0 Å². The van der Waals surface area contributed by atoms with Gasteiger partial charge in [0.15, 0.2) is 0 Å². The Balaban J connectivity index is 2.26. The number of rotatable bonds is 2. The van der Waals surface area contributed by atoms with Gasteiger partial charge in [0, 0.05) is 6.54 Å². The van der Waals surface area contributed by atoms with Crippen molar-refractivity contribution in [2.24, 2.45) is 0 Å². The summed E-state index contributed by atoms with van der Waals surface area (Å²) in [5.74, 6) is 0.802. The molecule has 108 valence electrons. The largest absolute Gasteiger partial charge is 0.322 e. The molecule has 21 heavy (non-hydrogen) atoms. The van der Waals surface area contributed by atoms with Gasteiger partial charge in [0.25, 0.3) is 0 Å². The van der Waals surface area contributed by atoms with E-state index in [-0.39, 0.29) is 10.0 Å². The number of benzene rings is 2. The van der Waals surface area contributed by atoms with E-state index in [0.717, 1.165) is 11.4 Å². The summed E-state index contributed by atoms with van der Waals surface area (Å²) in [4.78, 5) is 4.48. The van der Waals surface area contributed by atoms with Gasteiger partial charge in [-0.3, -0.25) is 0 Å². The Morgan fingerprint density at radius 3 is 2.19 bits per heavy atom. The molecule has 2 aromatic carbocycles. The number of fused-ring (bicyclic) bond motifs is 1. The topological polar surface area (TPSA) is 17.8 Å². The number of aromatic nitrogens is 2. The Morgan fingerprint density at radius 1 is 0.905 bits per heavy atom. The van der Waals surface area contributed by atoms with Gasteiger partial charge in [0.05, 0.1) is 25.6 Å². The molecule has 0 aliphatic heterocycles. The minimum absolute atomic E-state index is 0.236. The molecule has 0 atom stereocenters. The van der Waals surface area contributed by atoms with E-state index in [1.54, 1.807) is 0 Å². The molecular weight excluding hydrogens is 350 g/mol. The number of hydrogen-bond acceptors (Lipinski definition) is 1. The van der Waals surface area contributed by atoms with E-state index >= 15 is 0 Å². The van der Waals surface area contributed by atoms with Gasteiger partial charge in [-0.1, -0.05) is 76.7 Å². The van der Waals surface area contributed by atoms with Crippen LogP contribution in [0, 0.1) is 6.92 Å². The van der Waals surface area contributed by atoms with Crippen LogP contribution in [0.1, 0.15) is 11.4 Å². The highest BCUT2D eigenvalue weighted by atomic mass is 35.5. The predicted octanol–water partition coefficient (Wildman–Crippen LogP) is 6.01. The van der Waals surface area contributed by atoms with Gasteiger partial charge in [-0.15, -0.1) is 0 Å². The Morgan fingerprint density at radius 2 is 1.52 bits per heavy atom. The number of aryl methyl sites for hydroxylation is 1. The second kappa shape index (κ2) is 5.69. The van der Waals surface area contributed by atoms with Crippen molar-refractivity contribution < 1.29 is 0 Å². The smallest absolute Gasteiger partial charge is 0.111 e. The van der Waals surface area contributed by atoms with Crippen molar-refractivity contribution in [1.29, 1.82) is 0 Å². The van der Waals surface area contributed by atoms with Gasteiger partial charge in [-0.2, -0.15) is 0 Å².